The van der Waals surface area contributed by atoms with E-state index in [0.717, 1.165) is 5.56 Å². The monoisotopic (exact) mass is 288 g/mol. The molecule has 0 aliphatic carbocycles. The number of amides is 2. The van der Waals surface area contributed by atoms with E-state index in [1.807, 2.05) is 19.9 Å². The van der Waals surface area contributed by atoms with E-state index >= 15 is 0 Å². The Kier molecular flexibility index (Phi) is 2.79. The van der Waals surface area contributed by atoms with Crippen molar-refractivity contribution in [2.24, 2.45) is 0 Å². The van der Waals surface area contributed by atoms with Crippen molar-refractivity contribution in [3.8, 4) is 0 Å². The van der Waals surface area contributed by atoms with Crippen molar-refractivity contribution in [2.45, 2.75) is 19.3 Å². The highest BCUT2D eigenvalue weighted by atomic mass is 32.1. The first-order chi connectivity index (χ1) is 9.48. The number of carbonyl (C=O) groups excluding carboxylic acids is 2. The van der Waals surface area contributed by atoms with Gasteiger partial charge < -0.3 is 5.32 Å². The molecular formula is C13H12N4O2S. The van der Waals surface area contributed by atoms with Crippen LogP contribution in [-0.2, 0) is 10.2 Å². The first-order valence-corrected chi connectivity index (χ1v) is 6.90. The molecule has 0 atom stereocenters. The van der Waals surface area contributed by atoms with Crippen LogP contribution in [-0.4, -0.2) is 22.0 Å². The number of carbonyl (C=O) groups is 2. The van der Waals surface area contributed by atoms with Gasteiger partial charge in [0.15, 0.2) is 0 Å². The fourth-order valence-electron chi connectivity index (χ4n) is 2.13. The molecule has 2 N–H and O–H groups in total. The summed E-state index contributed by atoms with van der Waals surface area (Å²) in [6, 6.07) is 5.19. The molecule has 20 heavy (non-hydrogen) atoms. The Morgan fingerprint density at radius 1 is 1.40 bits per heavy atom. The quantitative estimate of drug-likeness (QED) is 0.885. The molecule has 2 heterocycles. The molecule has 2 aromatic rings. The van der Waals surface area contributed by atoms with Crippen LogP contribution in [0.1, 0.15) is 29.8 Å². The van der Waals surface area contributed by atoms with Gasteiger partial charge in [-0.15, -0.1) is 10.2 Å². The van der Waals surface area contributed by atoms with Crippen molar-refractivity contribution >= 4 is 34.0 Å². The van der Waals surface area contributed by atoms with Crippen molar-refractivity contribution in [3.05, 3.63) is 34.8 Å². The van der Waals surface area contributed by atoms with Gasteiger partial charge in [-0.05, 0) is 31.5 Å². The van der Waals surface area contributed by atoms with Gasteiger partial charge in [-0.25, -0.2) is 0 Å². The second kappa shape index (κ2) is 4.38. The zero-order valence-electron chi connectivity index (χ0n) is 10.9. The van der Waals surface area contributed by atoms with Crippen LogP contribution in [0.2, 0.25) is 0 Å². The van der Waals surface area contributed by atoms with Gasteiger partial charge in [0.2, 0.25) is 11.0 Å². The number of aromatic nitrogens is 2. The SMILES string of the molecule is CC1(C)C(=O)Nc2cc(C(=O)Nc3nncs3)ccc21. The smallest absolute Gasteiger partial charge is 0.257 e. The molecule has 7 heteroatoms. The topological polar surface area (TPSA) is 84.0 Å². The second-order valence-electron chi connectivity index (χ2n) is 5.04. The number of nitrogens with zero attached hydrogens (tertiary/aromatic N) is 2. The number of anilines is 2. The zero-order valence-corrected chi connectivity index (χ0v) is 11.7. The maximum atomic E-state index is 12.1. The van der Waals surface area contributed by atoms with E-state index in [4.69, 9.17) is 0 Å². The predicted octanol–water partition coefficient (Wildman–Crippen LogP) is 2.02. The largest absolute Gasteiger partial charge is 0.325 e. The molecule has 0 saturated heterocycles. The molecule has 1 aromatic carbocycles. The summed E-state index contributed by atoms with van der Waals surface area (Å²) in [6.07, 6.45) is 0. The molecule has 1 aromatic heterocycles. The summed E-state index contributed by atoms with van der Waals surface area (Å²) in [5.74, 6) is -0.335. The van der Waals surface area contributed by atoms with Gasteiger partial charge in [-0.3, -0.25) is 14.9 Å². The van der Waals surface area contributed by atoms with E-state index in [9.17, 15) is 9.59 Å². The van der Waals surface area contributed by atoms with E-state index in [1.165, 1.54) is 11.3 Å². The van der Waals surface area contributed by atoms with Crippen LogP contribution in [0.15, 0.2) is 23.7 Å². The molecule has 1 aliphatic heterocycles. The van der Waals surface area contributed by atoms with Crippen LogP contribution in [0, 0.1) is 0 Å². The Morgan fingerprint density at radius 3 is 2.90 bits per heavy atom. The summed E-state index contributed by atoms with van der Waals surface area (Å²) in [5.41, 5.74) is 3.03. The third kappa shape index (κ3) is 1.96. The molecule has 2 amide bonds. The average molecular weight is 288 g/mol. The minimum Gasteiger partial charge on any atom is -0.325 e. The van der Waals surface area contributed by atoms with Gasteiger partial charge >= 0.3 is 0 Å². The Hall–Kier alpha value is -2.28. The van der Waals surface area contributed by atoms with E-state index < -0.39 is 5.41 Å². The Labute approximate surface area is 119 Å². The summed E-state index contributed by atoms with van der Waals surface area (Å²) in [7, 11) is 0. The highest BCUT2D eigenvalue weighted by Crippen LogP contribution is 2.37. The molecule has 0 bridgehead atoms. The molecule has 6 nitrogen and oxygen atoms in total. The molecular weight excluding hydrogens is 276 g/mol. The first-order valence-electron chi connectivity index (χ1n) is 6.02. The summed E-state index contributed by atoms with van der Waals surface area (Å²) in [4.78, 5) is 23.9. The first kappa shape index (κ1) is 12.7. The lowest BCUT2D eigenvalue weighted by molar-refractivity contribution is -0.119. The maximum Gasteiger partial charge on any atom is 0.257 e. The third-order valence-corrected chi connectivity index (χ3v) is 3.96. The van der Waals surface area contributed by atoms with E-state index in [0.29, 0.717) is 16.4 Å². The van der Waals surface area contributed by atoms with E-state index in [1.54, 1.807) is 17.6 Å². The fourth-order valence-corrected chi connectivity index (χ4v) is 2.57. The van der Waals surface area contributed by atoms with Crippen LogP contribution < -0.4 is 10.6 Å². The highest BCUT2D eigenvalue weighted by Gasteiger charge is 2.38. The number of hydrogen-bond donors (Lipinski definition) is 2. The number of fused-ring (bicyclic) bond motifs is 1. The van der Waals surface area contributed by atoms with Gasteiger partial charge in [0.05, 0.1) is 5.41 Å². The second-order valence-corrected chi connectivity index (χ2v) is 5.87. The number of nitrogens with one attached hydrogen (secondary N) is 2. The molecule has 3 rings (SSSR count). The van der Waals surface area contributed by atoms with E-state index in [-0.39, 0.29) is 11.8 Å². The van der Waals surface area contributed by atoms with Crippen molar-refractivity contribution in [3.63, 3.8) is 0 Å². The molecule has 102 valence electrons. The highest BCUT2D eigenvalue weighted by molar-refractivity contribution is 7.13. The van der Waals surface area contributed by atoms with Gasteiger partial charge in [-0.1, -0.05) is 17.4 Å². The molecule has 1 aliphatic rings. The van der Waals surface area contributed by atoms with Gasteiger partial charge in [-0.2, -0.15) is 0 Å². The Balaban J connectivity index is 1.89. The van der Waals surface area contributed by atoms with Gasteiger partial charge in [0.1, 0.15) is 5.51 Å². The lowest BCUT2D eigenvalue weighted by Crippen LogP contribution is -2.26. The molecule has 0 fully saturated rings. The predicted molar refractivity (Wildman–Crippen MR) is 76.0 cm³/mol. The van der Waals surface area contributed by atoms with Crippen LogP contribution in [0.4, 0.5) is 10.8 Å². The van der Waals surface area contributed by atoms with Crippen LogP contribution in [0.5, 0.6) is 0 Å². The van der Waals surface area contributed by atoms with Gasteiger partial charge in [0.25, 0.3) is 5.91 Å². The maximum absolute atomic E-state index is 12.1. The third-order valence-electron chi connectivity index (χ3n) is 3.35. The average Bonchev–Trinajstić information content (AvgIpc) is 2.97. The summed E-state index contributed by atoms with van der Waals surface area (Å²) >= 11 is 1.25. The number of rotatable bonds is 2. The zero-order chi connectivity index (χ0) is 14.3. The van der Waals surface area contributed by atoms with Gasteiger partial charge in [0, 0.05) is 11.3 Å². The summed E-state index contributed by atoms with van der Waals surface area (Å²) in [6.45, 7) is 3.71. The van der Waals surface area contributed by atoms with E-state index in [2.05, 4.69) is 20.8 Å². The lowest BCUT2D eigenvalue weighted by Gasteiger charge is -2.14. The molecule has 0 spiro atoms. The standard InChI is InChI=1S/C13H12N4O2S/c1-13(2)8-4-3-7(5-9(8)15-11(13)19)10(18)16-12-17-14-6-20-12/h3-6H,1-2H3,(H,15,19)(H,16,17,18). The summed E-state index contributed by atoms with van der Waals surface area (Å²) < 4.78 is 0. The molecule has 0 unspecified atom stereocenters. The lowest BCUT2D eigenvalue weighted by atomic mass is 9.86. The normalized spacial score (nSPS) is 15.6. The minimum absolute atomic E-state index is 0.0609. The van der Waals surface area contributed by atoms with Crippen LogP contribution in [0.25, 0.3) is 0 Å². The minimum atomic E-state index is -0.566. The van der Waals surface area contributed by atoms with Crippen LogP contribution in [0.3, 0.4) is 0 Å². The van der Waals surface area contributed by atoms with Crippen LogP contribution >= 0.6 is 11.3 Å². The number of hydrogen-bond acceptors (Lipinski definition) is 5. The van der Waals surface area contributed by atoms with Crippen molar-refractivity contribution in [2.75, 3.05) is 10.6 Å². The molecule has 0 saturated carbocycles. The van der Waals surface area contributed by atoms with Crippen molar-refractivity contribution in [1.82, 2.24) is 10.2 Å². The number of benzene rings is 1. The van der Waals surface area contributed by atoms with Crippen molar-refractivity contribution < 1.29 is 9.59 Å². The fraction of sp³-hybridized carbons (Fsp3) is 0.231. The Bertz CT molecular complexity index is 694. The molecule has 0 radical (unpaired) electrons. The van der Waals surface area contributed by atoms with Crippen molar-refractivity contribution in [1.29, 1.82) is 0 Å². The summed E-state index contributed by atoms with van der Waals surface area (Å²) in [5, 5.41) is 13.3. The Morgan fingerprint density at radius 2 is 2.20 bits per heavy atom.